The first-order valence-corrected chi connectivity index (χ1v) is 6.58. The lowest BCUT2D eigenvalue weighted by Crippen LogP contribution is -2.40. The van der Waals surface area contributed by atoms with Gasteiger partial charge >= 0.3 is 5.97 Å². The number of hydrogen-bond donors (Lipinski definition) is 2. The number of nitrogens with one attached hydrogen (secondary N) is 1. The number of carboxylic acids is 1. The number of rotatable bonds is 4. The summed E-state index contributed by atoms with van der Waals surface area (Å²) in [6.07, 6.45) is 0. The van der Waals surface area contributed by atoms with Crippen molar-refractivity contribution < 1.29 is 9.90 Å². The highest BCUT2D eigenvalue weighted by molar-refractivity contribution is 5.84. The molecule has 1 unspecified atom stereocenters. The maximum absolute atomic E-state index is 11.8. The van der Waals surface area contributed by atoms with E-state index in [4.69, 9.17) is 0 Å². The van der Waals surface area contributed by atoms with Crippen LogP contribution in [-0.2, 0) is 10.3 Å². The zero-order chi connectivity index (χ0) is 14.8. The van der Waals surface area contributed by atoms with Gasteiger partial charge in [0.2, 0.25) is 0 Å². The molecule has 2 aromatic carbocycles. The van der Waals surface area contributed by atoms with Crippen LogP contribution in [0.4, 0.5) is 5.69 Å². The smallest absolute Gasteiger partial charge is 0.333 e. The molecule has 1 atom stereocenters. The summed E-state index contributed by atoms with van der Waals surface area (Å²) in [7, 11) is 0. The van der Waals surface area contributed by atoms with Gasteiger partial charge in [-0.15, -0.1) is 0 Å². The second-order valence-corrected chi connectivity index (χ2v) is 5.22. The molecule has 0 heterocycles. The van der Waals surface area contributed by atoms with Crippen molar-refractivity contribution >= 4 is 11.7 Å². The fourth-order valence-corrected chi connectivity index (χ4v) is 2.11. The van der Waals surface area contributed by atoms with Gasteiger partial charge in [0.25, 0.3) is 0 Å². The Balaban J connectivity index is 2.43. The summed E-state index contributed by atoms with van der Waals surface area (Å²) in [4.78, 5) is 11.8. The van der Waals surface area contributed by atoms with Crippen LogP contribution < -0.4 is 5.32 Å². The molecule has 0 saturated carbocycles. The molecule has 2 N–H and O–H groups in total. The molecule has 3 heteroatoms. The third-order valence-electron chi connectivity index (χ3n) is 3.68. The zero-order valence-electron chi connectivity index (χ0n) is 12.0. The van der Waals surface area contributed by atoms with Gasteiger partial charge in [0.15, 0.2) is 5.54 Å². The molecule has 3 nitrogen and oxygen atoms in total. The molecular weight excluding hydrogens is 250 g/mol. The van der Waals surface area contributed by atoms with E-state index in [0.717, 1.165) is 22.4 Å². The van der Waals surface area contributed by atoms with E-state index in [0.29, 0.717) is 0 Å². The van der Waals surface area contributed by atoms with Crippen LogP contribution in [0.3, 0.4) is 0 Å². The van der Waals surface area contributed by atoms with E-state index >= 15 is 0 Å². The molecule has 2 aromatic rings. The van der Waals surface area contributed by atoms with Crippen molar-refractivity contribution in [1.29, 1.82) is 0 Å². The Morgan fingerprint density at radius 3 is 2.25 bits per heavy atom. The number of aryl methyl sites for hydroxylation is 2. The molecule has 0 aliphatic carbocycles. The third-order valence-corrected chi connectivity index (χ3v) is 3.68. The van der Waals surface area contributed by atoms with Gasteiger partial charge in [-0.2, -0.15) is 0 Å². The number of benzene rings is 2. The Kier molecular flexibility index (Phi) is 3.79. The molecule has 2 rings (SSSR count). The van der Waals surface area contributed by atoms with Crippen LogP contribution in [0.2, 0.25) is 0 Å². The second-order valence-electron chi connectivity index (χ2n) is 5.22. The maximum Gasteiger partial charge on any atom is 0.333 e. The van der Waals surface area contributed by atoms with Crippen molar-refractivity contribution in [2.45, 2.75) is 26.3 Å². The Labute approximate surface area is 119 Å². The van der Waals surface area contributed by atoms with Crippen molar-refractivity contribution in [1.82, 2.24) is 0 Å². The normalized spacial score (nSPS) is 13.6. The molecule has 0 radical (unpaired) electrons. The van der Waals surface area contributed by atoms with E-state index in [9.17, 15) is 9.90 Å². The molecule has 0 spiro atoms. The van der Waals surface area contributed by atoms with E-state index in [1.165, 1.54) is 0 Å². The van der Waals surface area contributed by atoms with Crippen LogP contribution in [0.1, 0.15) is 23.6 Å². The summed E-state index contributed by atoms with van der Waals surface area (Å²) >= 11 is 0. The predicted molar refractivity (Wildman–Crippen MR) is 81.0 cm³/mol. The van der Waals surface area contributed by atoms with Gasteiger partial charge in [0, 0.05) is 5.69 Å². The highest BCUT2D eigenvalue weighted by Crippen LogP contribution is 2.28. The first-order chi connectivity index (χ1) is 9.43. The average molecular weight is 269 g/mol. The van der Waals surface area contributed by atoms with E-state index in [1.807, 2.05) is 62.4 Å². The van der Waals surface area contributed by atoms with Gasteiger partial charge in [0.05, 0.1) is 0 Å². The summed E-state index contributed by atoms with van der Waals surface area (Å²) in [6, 6.07) is 15.1. The quantitative estimate of drug-likeness (QED) is 0.889. The van der Waals surface area contributed by atoms with Gasteiger partial charge in [-0.05, 0) is 49.6 Å². The molecule has 0 fully saturated rings. The van der Waals surface area contributed by atoms with Crippen LogP contribution in [0.5, 0.6) is 0 Å². The van der Waals surface area contributed by atoms with E-state index in [-0.39, 0.29) is 0 Å². The standard InChI is InChI=1S/C17H19NO2/c1-12-9-10-14(11-13(12)2)17(3,16(19)20)18-15-7-5-4-6-8-15/h4-11,18H,1-3H3,(H,19,20). The molecule has 0 aromatic heterocycles. The zero-order valence-corrected chi connectivity index (χ0v) is 12.0. The largest absolute Gasteiger partial charge is 0.479 e. The number of aliphatic carboxylic acids is 1. The summed E-state index contributed by atoms with van der Waals surface area (Å²) in [5, 5.41) is 12.8. The summed E-state index contributed by atoms with van der Waals surface area (Å²) < 4.78 is 0. The fourth-order valence-electron chi connectivity index (χ4n) is 2.11. The molecule has 0 aliphatic rings. The Morgan fingerprint density at radius 1 is 1.05 bits per heavy atom. The van der Waals surface area contributed by atoms with Crippen LogP contribution in [0, 0.1) is 13.8 Å². The number of carbonyl (C=O) groups is 1. The van der Waals surface area contributed by atoms with Crippen molar-refractivity contribution in [3.05, 3.63) is 65.2 Å². The van der Waals surface area contributed by atoms with Gasteiger partial charge in [0.1, 0.15) is 0 Å². The lowest BCUT2D eigenvalue weighted by Gasteiger charge is -2.28. The lowest BCUT2D eigenvalue weighted by atomic mass is 9.89. The lowest BCUT2D eigenvalue weighted by molar-refractivity contribution is -0.142. The van der Waals surface area contributed by atoms with E-state index in [2.05, 4.69) is 5.32 Å². The van der Waals surface area contributed by atoms with Crippen molar-refractivity contribution in [3.8, 4) is 0 Å². The van der Waals surface area contributed by atoms with E-state index in [1.54, 1.807) is 6.92 Å². The Hall–Kier alpha value is -2.29. The van der Waals surface area contributed by atoms with Gasteiger partial charge in [-0.25, -0.2) is 4.79 Å². The molecule has 0 bridgehead atoms. The number of hydrogen-bond acceptors (Lipinski definition) is 2. The third kappa shape index (κ3) is 2.67. The van der Waals surface area contributed by atoms with Crippen molar-refractivity contribution in [2.75, 3.05) is 5.32 Å². The molecule has 0 amide bonds. The Morgan fingerprint density at radius 2 is 1.70 bits per heavy atom. The van der Waals surface area contributed by atoms with Crippen LogP contribution >= 0.6 is 0 Å². The summed E-state index contributed by atoms with van der Waals surface area (Å²) in [5.41, 5.74) is 2.62. The Bertz CT molecular complexity index is 622. The average Bonchev–Trinajstić information content (AvgIpc) is 2.42. The SMILES string of the molecule is Cc1ccc(C(C)(Nc2ccccc2)C(=O)O)cc1C. The number of anilines is 1. The molecule has 0 aliphatic heterocycles. The van der Waals surface area contributed by atoms with Crippen LogP contribution in [0.15, 0.2) is 48.5 Å². The van der Waals surface area contributed by atoms with Crippen molar-refractivity contribution in [3.63, 3.8) is 0 Å². The van der Waals surface area contributed by atoms with Crippen LogP contribution in [0.25, 0.3) is 0 Å². The maximum atomic E-state index is 11.8. The topological polar surface area (TPSA) is 49.3 Å². The van der Waals surface area contributed by atoms with Gasteiger partial charge in [-0.3, -0.25) is 0 Å². The minimum Gasteiger partial charge on any atom is -0.479 e. The van der Waals surface area contributed by atoms with Gasteiger partial charge in [-0.1, -0.05) is 36.4 Å². The minimum atomic E-state index is -1.15. The molecule has 0 saturated heterocycles. The monoisotopic (exact) mass is 269 g/mol. The molecular formula is C17H19NO2. The highest BCUT2D eigenvalue weighted by Gasteiger charge is 2.35. The second kappa shape index (κ2) is 5.37. The molecule has 104 valence electrons. The first-order valence-electron chi connectivity index (χ1n) is 6.58. The number of para-hydroxylation sites is 1. The van der Waals surface area contributed by atoms with Crippen LogP contribution in [-0.4, -0.2) is 11.1 Å². The summed E-state index contributed by atoms with van der Waals surface area (Å²) in [6.45, 7) is 5.69. The first kappa shape index (κ1) is 14.1. The highest BCUT2D eigenvalue weighted by atomic mass is 16.4. The van der Waals surface area contributed by atoms with E-state index < -0.39 is 11.5 Å². The van der Waals surface area contributed by atoms with Crippen molar-refractivity contribution in [2.24, 2.45) is 0 Å². The fraction of sp³-hybridized carbons (Fsp3) is 0.235. The minimum absolute atomic E-state index is 0.747. The molecule has 20 heavy (non-hydrogen) atoms. The number of carboxylic acid groups (broad SMARTS) is 1. The van der Waals surface area contributed by atoms with Gasteiger partial charge < -0.3 is 10.4 Å². The summed E-state index contributed by atoms with van der Waals surface area (Å²) in [5.74, 6) is -0.899. The predicted octanol–water partition coefficient (Wildman–Crippen LogP) is 3.72.